The van der Waals surface area contributed by atoms with Gasteiger partial charge in [0.15, 0.2) is 0 Å². The average molecular weight is 448 g/mol. The highest BCUT2D eigenvalue weighted by Crippen LogP contribution is 2.48. The zero-order valence-corrected chi connectivity index (χ0v) is 18.3. The van der Waals surface area contributed by atoms with E-state index in [4.69, 9.17) is 4.74 Å². The number of hydrogen-bond acceptors (Lipinski definition) is 6. The Labute approximate surface area is 185 Å². The number of ether oxygens (including phenoxy) is 1. The highest BCUT2D eigenvalue weighted by molar-refractivity contribution is 5.90. The number of fused-ring (bicyclic) bond motifs is 4. The summed E-state index contributed by atoms with van der Waals surface area (Å²) in [5, 5.41) is 12.5. The van der Waals surface area contributed by atoms with Crippen molar-refractivity contribution in [3.05, 3.63) is 94.8 Å². The van der Waals surface area contributed by atoms with Crippen molar-refractivity contribution in [2.45, 2.75) is 5.92 Å². The van der Waals surface area contributed by atoms with Crippen LogP contribution in [-0.2, 0) is 28.2 Å². The molecule has 0 aliphatic carbocycles. The molecule has 0 amide bonds. The van der Waals surface area contributed by atoms with Gasteiger partial charge in [-0.1, -0.05) is 30.3 Å². The van der Waals surface area contributed by atoms with Crippen LogP contribution in [0.25, 0.3) is 10.8 Å². The summed E-state index contributed by atoms with van der Waals surface area (Å²) in [4.78, 5) is 51.7. The molecule has 33 heavy (non-hydrogen) atoms. The minimum atomic E-state index is -1.09. The predicted octanol–water partition coefficient (Wildman–Crippen LogP) is 0.626. The van der Waals surface area contributed by atoms with E-state index in [9.17, 15) is 24.3 Å². The Kier molecular flexibility index (Phi) is 4.25. The topological polar surface area (TPSA) is 117 Å². The maximum absolute atomic E-state index is 13.4. The normalized spacial score (nSPS) is 14.6. The van der Waals surface area contributed by atoms with Crippen molar-refractivity contribution >= 4 is 10.8 Å². The van der Waals surface area contributed by atoms with E-state index >= 15 is 0 Å². The van der Waals surface area contributed by atoms with Gasteiger partial charge in [0.1, 0.15) is 5.75 Å². The molecule has 1 N–H and O–H groups in total. The summed E-state index contributed by atoms with van der Waals surface area (Å²) in [5.74, 6) is -1.34. The Morgan fingerprint density at radius 3 is 2.03 bits per heavy atom. The Balaban J connectivity index is 2.06. The molecule has 0 fully saturated rings. The van der Waals surface area contributed by atoms with Gasteiger partial charge in [-0.25, -0.2) is 9.59 Å². The second kappa shape index (κ2) is 6.83. The summed E-state index contributed by atoms with van der Waals surface area (Å²) in [6.07, 6.45) is 0. The van der Waals surface area contributed by atoms with Gasteiger partial charge in [-0.3, -0.25) is 27.9 Å². The first-order chi connectivity index (χ1) is 15.6. The molecule has 168 valence electrons. The van der Waals surface area contributed by atoms with Gasteiger partial charge >= 0.3 is 11.4 Å². The van der Waals surface area contributed by atoms with Crippen molar-refractivity contribution in [1.82, 2.24) is 18.3 Å². The fourth-order valence-electron chi connectivity index (χ4n) is 4.53. The second-order valence-electron chi connectivity index (χ2n) is 8.10. The first-order valence-corrected chi connectivity index (χ1v) is 10.1. The van der Waals surface area contributed by atoms with E-state index in [0.717, 1.165) is 19.1 Å². The summed E-state index contributed by atoms with van der Waals surface area (Å²) in [6.45, 7) is 0. The molecular weight excluding hydrogens is 428 g/mol. The van der Waals surface area contributed by atoms with Gasteiger partial charge in [0.05, 0.1) is 17.0 Å². The summed E-state index contributed by atoms with van der Waals surface area (Å²) in [6, 6.07) is 10.9. The van der Waals surface area contributed by atoms with Crippen LogP contribution in [0.2, 0.25) is 0 Å². The van der Waals surface area contributed by atoms with E-state index in [1.54, 1.807) is 6.07 Å². The van der Waals surface area contributed by atoms with Crippen LogP contribution >= 0.6 is 0 Å². The van der Waals surface area contributed by atoms with Crippen LogP contribution < -0.4 is 27.2 Å². The third-order valence-corrected chi connectivity index (χ3v) is 6.31. The third-order valence-electron chi connectivity index (χ3n) is 6.31. The molecule has 1 aliphatic heterocycles. The van der Waals surface area contributed by atoms with Gasteiger partial charge in [-0.2, -0.15) is 0 Å². The minimum Gasteiger partial charge on any atom is -0.494 e. The van der Waals surface area contributed by atoms with Gasteiger partial charge in [0.2, 0.25) is 11.8 Å². The standard InChI is InChI=1S/C23H20N4O6/c1-24-18(28)16(19(29)25(2)22(24)31)15-14-12-8-6-5-7-11(12)9-10-13(14)33-21-17(15)20(30)26(3)23(32)27(21)4/h5-10,15,28H,1-4H3. The Bertz CT molecular complexity index is 1710. The van der Waals surface area contributed by atoms with E-state index in [2.05, 4.69) is 0 Å². The number of nitrogens with zero attached hydrogens (tertiary/aromatic N) is 4. The van der Waals surface area contributed by atoms with Crippen LogP contribution in [-0.4, -0.2) is 23.4 Å². The highest BCUT2D eigenvalue weighted by atomic mass is 16.5. The summed E-state index contributed by atoms with van der Waals surface area (Å²) in [7, 11) is 5.43. The molecule has 2 aromatic heterocycles. The molecule has 3 heterocycles. The highest BCUT2D eigenvalue weighted by Gasteiger charge is 2.39. The first-order valence-electron chi connectivity index (χ1n) is 10.1. The van der Waals surface area contributed by atoms with Gasteiger partial charge in [0, 0.05) is 33.8 Å². The lowest BCUT2D eigenvalue weighted by Gasteiger charge is -2.30. The maximum Gasteiger partial charge on any atom is 0.333 e. The molecule has 1 unspecified atom stereocenters. The lowest BCUT2D eigenvalue weighted by Crippen LogP contribution is -2.44. The Hall–Kier alpha value is -4.34. The van der Waals surface area contributed by atoms with Crippen molar-refractivity contribution in [2.75, 3.05) is 0 Å². The number of rotatable bonds is 1. The SMILES string of the molecule is Cn1c(O)c(C2c3c(n(C)c(=O)n(C)c3=O)Oc3ccc4ccccc4c32)c(=O)n(C)c1=O. The molecule has 0 radical (unpaired) electrons. The average Bonchev–Trinajstić information content (AvgIpc) is 2.83. The molecule has 1 aliphatic rings. The van der Waals surface area contributed by atoms with Crippen LogP contribution in [0.4, 0.5) is 0 Å². The van der Waals surface area contributed by atoms with Crippen molar-refractivity contribution in [3.8, 4) is 17.5 Å². The Morgan fingerprint density at radius 1 is 0.727 bits per heavy atom. The molecule has 2 aromatic carbocycles. The first kappa shape index (κ1) is 20.6. The molecule has 5 rings (SSSR count). The molecule has 10 nitrogen and oxygen atoms in total. The van der Waals surface area contributed by atoms with Crippen molar-refractivity contribution < 1.29 is 9.84 Å². The van der Waals surface area contributed by atoms with Crippen LogP contribution in [0.5, 0.6) is 17.5 Å². The van der Waals surface area contributed by atoms with Crippen molar-refractivity contribution in [1.29, 1.82) is 0 Å². The minimum absolute atomic E-state index is 0.0220. The fourth-order valence-corrected chi connectivity index (χ4v) is 4.53. The quantitative estimate of drug-likeness (QED) is 0.402. The molecule has 0 bridgehead atoms. The van der Waals surface area contributed by atoms with Gasteiger partial charge < -0.3 is 9.84 Å². The Morgan fingerprint density at radius 2 is 1.33 bits per heavy atom. The molecule has 4 aromatic rings. The number of hydrogen-bond donors (Lipinski definition) is 1. The van der Waals surface area contributed by atoms with E-state index in [-0.39, 0.29) is 17.0 Å². The lowest BCUT2D eigenvalue weighted by molar-refractivity contribution is 0.382. The molecule has 1 atom stereocenters. The van der Waals surface area contributed by atoms with Gasteiger partial charge in [0.25, 0.3) is 11.1 Å². The summed E-state index contributed by atoms with van der Waals surface area (Å²) < 4.78 is 9.97. The molecule has 0 saturated heterocycles. The number of benzene rings is 2. The monoisotopic (exact) mass is 448 g/mol. The van der Waals surface area contributed by atoms with Crippen molar-refractivity contribution in [3.63, 3.8) is 0 Å². The van der Waals surface area contributed by atoms with Gasteiger partial charge in [-0.05, 0) is 16.8 Å². The lowest BCUT2D eigenvalue weighted by atomic mass is 9.82. The number of aromatic hydroxyl groups is 1. The molecule has 10 heteroatoms. The molecule has 0 spiro atoms. The van der Waals surface area contributed by atoms with E-state index in [1.807, 2.05) is 30.3 Å². The van der Waals surface area contributed by atoms with Crippen LogP contribution in [0, 0.1) is 0 Å². The van der Waals surface area contributed by atoms with E-state index < -0.39 is 34.3 Å². The zero-order chi connectivity index (χ0) is 23.8. The predicted molar refractivity (Wildman–Crippen MR) is 120 cm³/mol. The van der Waals surface area contributed by atoms with Crippen LogP contribution in [0.3, 0.4) is 0 Å². The maximum atomic E-state index is 13.4. The zero-order valence-electron chi connectivity index (χ0n) is 18.3. The fraction of sp³-hybridized carbons (Fsp3) is 0.217. The summed E-state index contributed by atoms with van der Waals surface area (Å²) in [5.41, 5.74) is -2.36. The van der Waals surface area contributed by atoms with Gasteiger partial charge in [-0.15, -0.1) is 0 Å². The largest absolute Gasteiger partial charge is 0.494 e. The van der Waals surface area contributed by atoms with E-state index in [1.165, 1.54) is 32.8 Å². The second-order valence-corrected chi connectivity index (χ2v) is 8.10. The molecular formula is C23H20N4O6. The third kappa shape index (κ3) is 2.60. The van der Waals surface area contributed by atoms with Crippen LogP contribution in [0.15, 0.2) is 55.6 Å². The number of aromatic nitrogens is 4. The van der Waals surface area contributed by atoms with E-state index in [0.29, 0.717) is 16.7 Å². The van der Waals surface area contributed by atoms with Crippen molar-refractivity contribution in [2.24, 2.45) is 28.2 Å². The summed E-state index contributed by atoms with van der Waals surface area (Å²) >= 11 is 0. The smallest absolute Gasteiger partial charge is 0.333 e. The molecule has 0 saturated carbocycles. The van der Waals surface area contributed by atoms with Crippen LogP contribution in [0.1, 0.15) is 22.6 Å².